The summed E-state index contributed by atoms with van der Waals surface area (Å²) >= 11 is 0. The van der Waals surface area contributed by atoms with Crippen LogP contribution in [0.15, 0.2) is 84.9 Å². The van der Waals surface area contributed by atoms with E-state index >= 15 is 0 Å². The highest BCUT2D eigenvalue weighted by molar-refractivity contribution is 5.98. The summed E-state index contributed by atoms with van der Waals surface area (Å²) in [6.45, 7) is -0.385. The van der Waals surface area contributed by atoms with Crippen molar-refractivity contribution in [1.29, 1.82) is 0 Å². The zero-order valence-corrected chi connectivity index (χ0v) is 18.4. The Bertz CT molecular complexity index is 1510. The maximum atomic E-state index is 12.5. The van der Waals surface area contributed by atoms with Gasteiger partial charge in [0, 0.05) is 11.3 Å². The number of amides is 1. The topological polar surface area (TPSA) is 93.3 Å². The van der Waals surface area contributed by atoms with Crippen LogP contribution in [-0.4, -0.2) is 35.6 Å². The van der Waals surface area contributed by atoms with Crippen LogP contribution >= 0.6 is 0 Å². The van der Waals surface area contributed by atoms with Gasteiger partial charge in [0.15, 0.2) is 6.61 Å². The zero-order chi connectivity index (χ0) is 23.5. The molecule has 7 nitrogen and oxygen atoms in total. The van der Waals surface area contributed by atoms with E-state index in [4.69, 9.17) is 9.47 Å². The molecular formula is C27H21N3O4. The Morgan fingerprint density at radius 3 is 2.50 bits per heavy atom. The number of imidazole rings is 1. The summed E-state index contributed by atoms with van der Waals surface area (Å²) in [4.78, 5) is 32.6. The lowest BCUT2D eigenvalue weighted by Gasteiger charge is -2.08. The number of aromatic nitrogens is 2. The molecule has 2 N–H and O–H groups in total. The van der Waals surface area contributed by atoms with Gasteiger partial charge < -0.3 is 19.8 Å². The highest BCUT2D eigenvalue weighted by Crippen LogP contribution is 2.24. The van der Waals surface area contributed by atoms with E-state index in [9.17, 15) is 9.59 Å². The summed E-state index contributed by atoms with van der Waals surface area (Å²) in [5.41, 5.74) is 3.28. The lowest BCUT2D eigenvalue weighted by Crippen LogP contribution is -2.20. The normalized spacial score (nSPS) is 10.9. The van der Waals surface area contributed by atoms with E-state index in [1.54, 1.807) is 25.3 Å². The number of benzene rings is 4. The highest BCUT2D eigenvalue weighted by atomic mass is 16.5. The van der Waals surface area contributed by atoms with Gasteiger partial charge in [0.25, 0.3) is 5.91 Å². The molecule has 0 atom stereocenters. The van der Waals surface area contributed by atoms with Crippen molar-refractivity contribution < 1.29 is 19.1 Å². The standard InChI is InChI=1S/C27H21N3O4/c1-33-22-11-7-18(8-12-22)26-29-23-13-9-20(15-24(23)30-26)27(32)34-16-25(31)28-21-10-6-17-4-2-3-5-19(17)14-21/h2-15H,16H2,1H3,(H,28,31)(H,29,30). The van der Waals surface area contributed by atoms with Crippen molar-refractivity contribution >= 4 is 39.4 Å². The number of H-pyrrole nitrogens is 1. The number of ether oxygens (including phenoxy) is 2. The quantitative estimate of drug-likeness (QED) is 0.347. The SMILES string of the molecule is COc1ccc(-c2nc3ccc(C(=O)OCC(=O)Nc4ccc5ccccc5c4)cc3[nH]2)cc1. The number of methoxy groups -OCH3 is 1. The fourth-order valence-corrected chi connectivity index (χ4v) is 3.70. The molecule has 0 radical (unpaired) electrons. The summed E-state index contributed by atoms with van der Waals surface area (Å²) in [7, 11) is 1.61. The van der Waals surface area contributed by atoms with E-state index in [0.29, 0.717) is 22.6 Å². The Hall–Kier alpha value is -4.65. The van der Waals surface area contributed by atoms with Crippen LogP contribution in [0.4, 0.5) is 5.69 Å². The average Bonchev–Trinajstić information content (AvgIpc) is 3.31. The van der Waals surface area contributed by atoms with Crippen LogP contribution in [0.1, 0.15) is 10.4 Å². The van der Waals surface area contributed by atoms with Gasteiger partial charge in [0.2, 0.25) is 0 Å². The molecule has 0 bridgehead atoms. The second-order valence-electron chi connectivity index (χ2n) is 7.73. The molecule has 0 saturated carbocycles. The summed E-state index contributed by atoms with van der Waals surface area (Å²) < 4.78 is 10.4. The first-order chi connectivity index (χ1) is 16.6. The van der Waals surface area contributed by atoms with Crippen molar-refractivity contribution in [3.63, 3.8) is 0 Å². The van der Waals surface area contributed by atoms with Crippen LogP contribution < -0.4 is 10.1 Å². The van der Waals surface area contributed by atoms with E-state index in [1.165, 1.54) is 0 Å². The molecule has 0 fully saturated rings. The largest absolute Gasteiger partial charge is 0.497 e. The van der Waals surface area contributed by atoms with E-state index < -0.39 is 11.9 Å². The Morgan fingerprint density at radius 2 is 1.71 bits per heavy atom. The number of aromatic amines is 1. The number of esters is 1. The first-order valence-electron chi connectivity index (χ1n) is 10.7. The van der Waals surface area contributed by atoms with Crippen LogP contribution in [-0.2, 0) is 9.53 Å². The smallest absolute Gasteiger partial charge is 0.338 e. The molecule has 0 saturated heterocycles. The van der Waals surface area contributed by atoms with Crippen molar-refractivity contribution in [2.75, 3.05) is 19.0 Å². The number of fused-ring (bicyclic) bond motifs is 2. The third kappa shape index (κ3) is 4.45. The first kappa shape index (κ1) is 21.2. The monoisotopic (exact) mass is 451 g/mol. The molecule has 1 aromatic heterocycles. The molecule has 1 heterocycles. The molecule has 34 heavy (non-hydrogen) atoms. The fraction of sp³-hybridized carbons (Fsp3) is 0.0741. The molecule has 0 unspecified atom stereocenters. The molecule has 0 spiro atoms. The van der Waals surface area contributed by atoms with Crippen molar-refractivity contribution in [1.82, 2.24) is 9.97 Å². The number of rotatable bonds is 6. The molecule has 1 amide bonds. The van der Waals surface area contributed by atoms with Gasteiger partial charge in [0.1, 0.15) is 11.6 Å². The molecule has 0 aliphatic carbocycles. The maximum Gasteiger partial charge on any atom is 0.338 e. The van der Waals surface area contributed by atoms with Gasteiger partial charge in [-0.05, 0) is 65.4 Å². The number of hydrogen-bond acceptors (Lipinski definition) is 5. The number of nitrogens with one attached hydrogen (secondary N) is 2. The summed E-state index contributed by atoms with van der Waals surface area (Å²) in [5, 5.41) is 4.85. The Labute approximate surface area is 195 Å². The minimum absolute atomic E-state index is 0.330. The molecular weight excluding hydrogens is 430 g/mol. The van der Waals surface area contributed by atoms with Crippen molar-refractivity contribution in [3.05, 3.63) is 90.5 Å². The number of carbonyl (C=O) groups is 2. The number of carbonyl (C=O) groups excluding carboxylic acids is 2. The first-order valence-corrected chi connectivity index (χ1v) is 10.7. The van der Waals surface area contributed by atoms with Gasteiger partial charge in [-0.2, -0.15) is 0 Å². The molecule has 0 aliphatic rings. The second kappa shape index (κ2) is 9.07. The lowest BCUT2D eigenvalue weighted by molar-refractivity contribution is -0.119. The Kier molecular flexibility index (Phi) is 5.66. The third-order valence-corrected chi connectivity index (χ3v) is 5.45. The highest BCUT2D eigenvalue weighted by Gasteiger charge is 2.13. The minimum atomic E-state index is -0.587. The average molecular weight is 451 g/mol. The van der Waals surface area contributed by atoms with E-state index in [1.807, 2.05) is 66.7 Å². The maximum absolute atomic E-state index is 12.5. The van der Waals surface area contributed by atoms with Crippen LogP contribution in [0.3, 0.4) is 0 Å². The third-order valence-electron chi connectivity index (χ3n) is 5.45. The van der Waals surface area contributed by atoms with E-state index in [-0.39, 0.29) is 6.61 Å². The molecule has 4 aromatic carbocycles. The van der Waals surface area contributed by atoms with Crippen LogP contribution in [0.5, 0.6) is 5.75 Å². The van der Waals surface area contributed by atoms with E-state index in [2.05, 4.69) is 15.3 Å². The van der Waals surface area contributed by atoms with Crippen molar-refractivity contribution in [2.45, 2.75) is 0 Å². The van der Waals surface area contributed by atoms with Gasteiger partial charge in [-0.25, -0.2) is 9.78 Å². The van der Waals surface area contributed by atoms with Crippen LogP contribution in [0.2, 0.25) is 0 Å². The minimum Gasteiger partial charge on any atom is -0.497 e. The summed E-state index contributed by atoms with van der Waals surface area (Å²) in [6.07, 6.45) is 0. The van der Waals surface area contributed by atoms with E-state index in [0.717, 1.165) is 27.6 Å². The van der Waals surface area contributed by atoms with Crippen molar-refractivity contribution in [2.24, 2.45) is 0 Å². The number of anilines is 1. The van der Waals surface area contributed by atoms with Gasteiger partial charge in [-0.3, -0.25) is 4.79 Å². The molecule has 0 aliphatic heterocycles. The predicted molar refractivity (Wildman–Crippen MR) is 131 cm³/mol. The number of nitrogens with zero attached hydrogens (tertiary/aromatic N) is 1. The molecule has 5 rings (SSSR count). The molecule has 7 heteroatoms. The lowest BCUT2D eigenvalue weighted by atomic mass is 10.1. The Morgan fingerprint density at radius 1 is 0.912 bits per heavy atom. The fourth-order valence-electron chi connectivity index (χ4n) is 3.70. The van der Waals surface area contributed by atoms with Gasteiger partial charge in [-0.1, -0.05) is 30.3 Å². The van der Waals surface area contributed by atoms with Gasteiger partial charge in [0.05, 0.1) is 23.7 Å². The van der Waals surface area contributed by atoms with Crippen LogP contribution in [0, 0.1) is 0 Å². The zero-order valence-electron chi connectivity index (χ0n) is 18.4. The predicted octanol–water partition coefficient (Wildman–Crippen LogP) is 5.19. The summed E-state index contributed by atoms with van der Waals surface area (Å²) in [5.74, 6) is 0.441. The summed E-state index contributed by atoms with van der Waals surface area (Å²) in [6, 6.07) is 26.0. The van der Waals surface area contributed by atoms with Crippen LogP contribution in [0.25, 0.3) is 33.2 Å². The molecule has 5 aromatic rings. The number of hydrogen-bond donors (Lipinski definition) is 2. The second-order valence-corrected chi connectivity index (χ2v) is 7.73. The molecule has 168 valence electrons. The Balaban J connectivity index is 1.24. The van der Waals surface area contributed by atoms with Gasteiger partial charge in [-0.15, -0.1) is 0 Å². The van der Waals surface area contributed by atoms with Gasteiger partial charge >= 0.3 is 5.97 Å². The van der Waals surface area contributed by atoms with Crippen molar-refractivity contribution in [3.8, 4) is 17.1 Å².